The molecule has 2 heterocycles. The summed E-state index contributed by atoms with van der Waals surface area (Å²) in [5.74, 6) is 0. The number of hydrogen-bond donors (Lipinski definition) is 2. The zero-order valence-corrected chi connectivity index (χ0v) is 9.56. The summed E-state index contributed by atoms with van der Waals surface area (Å²) in [5, 5.41) is 3.47. The van der Waals surface area contributed by atoms with Gasteiger partial charge in [0.25, 0.3) is 5.56 Å². The van der Waals surface area contributed by atoms with Crippen LogP contribution in [0, 0.1) is 0 Å². The average molecular weight is 241 g/mol. The second kappa shape index (κ2) is 3.73. The molecule has 18 heavy (non-hydrogen) atoms. The van der Waals surface area contributed by atoms with Crippen LogP contribution in [0.25, 0.3) is 10.9 Å². The molecule has 1 aliphatic heterocycles. The van der Waals surface area contributed by atoms with Crippen LogP contribution in [-0.2, 0) is 0 Å². The quantitative estimate of drug-likeness (QED) is 0.796. The number of hydrogen-bond acceptors (Lipinski definition) is 2. The van der Waals surface area contributed by atoms with Gasteiger partial charge in [-0.1, -0.05) is 24.8 Å². The maximum Gasteiger partial charge on any atom is 0.326 e. The number of carbonyl (C=O) groups excluding carboxylic acids is 1. The molecule has 90 valence electrons. The number of aromatic amines is 1. The van der Waals surface area contributed by atoms with Gasteiger partial charge in [-0.15, -0.1) is 0 Å². The molecule has 1 aliphatic rings. The monoisotopic (exact) mass is 241 g/mol. The lowest BCUT2D eigenvalue weighted by atomic mass is 10.2. The first-order chi connectivity index (χ1) is 8.65. The van der Waals surface area contributed by atoms with Gasteiger partial charge in [0.2, 0.25) is 0 Å². The Bertz CT molecular complexity index is 717. The van der Waals surface area contributed by atoms with E-state index in [0.29, 0.717) is 17.9 Å². The second-order valence-electron chi connectivity index (χ2n) is 4.19. The lowest BCUT2D eigenvalue weighted by Crippen LogP contribution is -2.32. The molecule has 0 aliphatic carbocycles. The number of carbonyl (C=O) groups is 1. The third-order valence-corrected chi connectivity index (χ3v) is 2.90. The highest BCUT2D eigenvalue weighted by Crippen LogP contribution is 2.19. The number of urea groups is 1. The summed E-state index contributed by atoms with van der Waals surface area (Å²) in [7, 11) is 0. The van der Waals surface area contributed by atoms with Crippen LogP contribution in [0.4, 0.5) is 10.5 Å². The van der Waals surface area contributed by atoms with E-state index < -0.39 is 0 Å². The van der Waals surface area contributed by atoms with Crippen molar-refractivity contribution in [3.8, 4) is 0 Å². The Hall–Kier alpha value is -2.56. The number of benzene rings is 1. The van der Waals surface area contributed by atoms with Crippen molar-refractivity contribution in [2.75, 3.05) is 11.4 Å². The molecule has 0 bridgehead atoms. The van der Waals surface area contributed by atoms with Gasteiger partial charge in [-0.25, -0.2) is 4.79 Å². The van der Waals surface area contributed by atoms with E-state index in [0.717, 1.165) is 10.9 Å². The summed E-state index contributed by atoms with van der Waals surface area (Å²) in [4.78, 5) is 27.8. The molecule has 2 amide bonds. The van der Waals surface area contributed by atoms with E-state index in [4.69, 9.17) is 0 Å². The number of pyridine rings is 1. The van der Waals surface area contributed by atoms with Gasteiger partial charge >= 0.3 is 6.03 Å². The van der Waals surface area contributed by atoms with Gasteiger partial charge in [0.1, 0.15) is 5.69 Å². The van der Waals surface area contributed by atoms with E-state index >= 15 is 0 Å². The fourth-order valence-corrected chi connectivity index (χ4v) is 2.05. The molecule has 1 fully saturated rings. The molecular formula is C13H11N3O2. The summed E-state index contributed by atoms with van der Waals surface area (Å²) in [6.07, 6.45) is 0. The predicted molar refractivity (Wildman–Crippen MR) is 69.6 cm³/mol. The van der Waals surface area contributed by atoms with Gasteiger partial charge in [-0.05, 0) is 12.1 Å². The molecule has 0 spiro atoms. The maximum atomic E-state index is 12.0. The molecule has 3 rings (SSSR count). The van der Waals surface area contributed by atoms with Crippen molar-refractivity contribution in [3.05, 3.63) is 53.0 Å². The Morgan fingerprint density at radius 3 is 2.72 bits per heavy atom. The minimum Gasteiger partial charge on any atom is -0.320 e. The summed E-state index contributed by atoms with van der Waals surface area (Å²) < 4.78 is 0. The number of aromatic nitrogens is 1. The molecule has 1 saturated heterocycles. The average Bonchev–Trinajstić information content (AvgIpc) is 2.67. The Morgan fingerprint density at radius 2 is 2.00 bits per heavy atom. The molecule has 0 radical (unpaired) electrons. The minimum absolute atomic E-state index is 0.279. The van der Waals surface area contributed by atoms with Crippen LogP contribution in [0.5, 0.6) is 0 Å². The zero-order chi connectivity index (χ0) is 12.7. The molecule has 2 N–H and O–H groups in total. The normalized spacial score (nSPS) is 15.2. The SMILES string of the molecule is C=C1CN(c2cc3ccccc3[nH]c2=O)C(=O)N1. The van der Waals surface area contributed by atoms with Crippen LogP contribution in [0.1, 0.15) is 0 Å². The van der Waals surface area contributed by atoms with Crippen LogP contribution in [0.3, 0.4) is 0 Å². The van der Waals surface area contributed by atoms with Crippen molar-refractivity contribution in [3.63, 3.8) is 0 Å². The Kier molecular flexibility index (Phi) is 2.19. The largest absolute Gasteiger partial charge is 0.326 e. The maximum absolute atomic E-state index is 12.0. The van der Waals surface area contributed by atoms with Gasteiger partial charge in [-0.2, -0.15) is 0 Å². The molecule has 1 aromatic carbocycles. The summed E-state index contributed by atoms with van der Waals surface area (Å²) in [6, 6.07) is 8.84. The van der Waals surface area contributed by atoms with E-state index in [1.54, 1.807) is 6.07 Å². The number of fused-ring (bicyclic) bond motifs is 1. The summed E-state index contributed by atoms with van der Waals surface area (Å²) >= 11 is 0. The van der Waals surface area contributed by atoms with Gasteiger partial charge in [-0.3, -0.25) is 9.69 Å². The van der Waals surface area contributed by atoms with Crippen molar-refractivity contribution >= 4 is 22.6 Å². The smallest absolute Gasteiger partial charge is 0.320 e. The Balaban J connectivity index is 2.18. The van der Waals surface area contributed by atoms with Crippen LogP contribution in [0.2, 0.25) is 0 Å². The molecule has 0 unspecified atom stereocenters. The van der Waals surface area contributed by atoms with Crippen molar-refractivity contribution in [2.45, 2.75) is 0 Å². The van der Waals surface area contributed by atoms with Gasteiger partial charge < -0.3 is 10.3 Å². The Labute approximate surface area is 103 Å². The van der Waals surface area contributed by atoms with Crippen LogP contribution >= 0.6 is 0 Å². The standard InChI is InChI=1S/C13H11N3O2/c1-8-7-16(13(18)14-8)11-6-9-4-2-3-5-10(9)15-12(11)17/h2-6H,1,7H2,(H,14,18)(H,15,17). The van der Waals surface area contributed by atoms with E-state index in [2.05, 4.69) is 16.9 Å². The van der Waals surface area contributed by atoms with E-state index in [-0.39, 0.29) is 11.6 Å². The van der Waals surface area contributed by atoms with Gasteiger partial charge in [0.05, 0.1) is 6.54 Å². The summed E-state index contributed by atoms with van der Waals surface area (Å²) in [6.45, 7) is 4.01. The molecule has 0 saturated carbocycles. The predicted octanol–water partition coefficient (Wildman–Crippen LogP) is 1.57. The third kappa shape index (κ3) is 1.57. The highest BCUT2D eigenvalue weighted by Gasteiger charge is 2.26. The number of nitrogens with one attached hydrogen (secondary N) is 2. The zero-order valence-electron chi connectivity index (χ0n) is 9.56. The Morgan fingerprint density at radius 1 is 1.22 bits per heavy atom. The molecule has 5 heteroatoms. The van der Waals surface area contributed by atoms with E-state index in [1.807, 2.05) is 24.3 Å². The number of para-hydroxylation sites is 1. The van der Waals surface area contributed by atoms with Crippen LogP contribution in [-0.4, -0.2) is 17.6 Å². The first kappa shape index (κ1) is 10.6. The number of rotatable bonds is 1. The lowest BCUT2D eigenvalue weighted by molar-refractivity contribution is 0.252. The lowest BCUT2D eigenvalue weighted by Gasteiger charge is -2.13. The number of anilines is 1. The van der Waals surface area contributed by atoms with Gasteiger partial charge in [0, 0.05) is 16.6 Å². The van der Waals surface area contributed by atoms with Crippen molar-refractivity contribution in [1.82, 2.24) is 10.3 Å². The summed E-state index contributed by atoms with van der Waals surface area (Å²) in [5.41, 5.74) is 1.40. The fourth-order valence-electron chi connectivity index (χ4n) is 2.05. The number of amides is 2. The fraction of sp³-hybridized carbons (Fsp3) is 0.0769. The van der Waals surface area contributed by atoms with E-state index in [9.17, 15) is 9.59 Å². The van der Waals surface area contributed by atoms with E-state index in [1.165, 1.54) is 4.90 Å². The number of H-pyrrole nitrogens is 1. The molecular weight excluding hydrogens is 230 g/mol. The first-order valence-corrected chi connectivity index (χ1v) is 5.53. The minimum atomic E-state index is -0.319. The van der Waals surface area contributed by atoms with Crippen molar-refractivity contribution < 1.29 is 4.79 Å². The third-order valence-electron chi connectivity index (χ3n) is 2.90. The molecule has 2 aromatic rings. The first-order valence-electron chi connectivity index (χ1n) is 5.53. The molecule has 5 nitrogen and oxygen atoms in total. The molecule has 0 atom stereocenters. The topological polar surface area (TPSA) is 65.2 Å². The number of nitrogens with zero attached hydrogens (tertiary/aromatic N) is 1. The van der Waals surface area contributed by atoms with Crippen molar-refractivity contribution in [2.24, 2.45) is 0 Å². The molecule has 1 aromatic heterocycles. The van der Waals surface area contributed by atoms with Crippen molar-refractivity contribution in [1.29, 1.82) is 0 Å². The highest BCUT2D eigenvalue weighted by molar-refractivity contribution is 5.97. The highest BCUT2D eigenvalue weighted by atomic mass is 16.2. The van der Waals surface area contributed by atoms with Crippen LogP contribution < -0.4 is 15.8 Å². The second-order valence-corrected chi connectivity index (χ2v) is 4.19. The van der Waals surface area contributed by atoms with Gasteiger partial charge in [0.15, 0.2) is 0 Å². The van der Waals surface area contributed by atoms with Crippen LogP contribution in [0.15, 0.2) is 47.4 Å².